The van der Waals surface area contributed by atoms with E-state index in [1.165, 1.54) is 33.1 Å². The van der Waals surface area contributed by atoms with Crippen molar-refractivity contribution in [2.45, 2.75) is 87.4 Å². The molecule has 8 atom stereocenters. The quantitative estimate of drug-likeness (QED) is 0.179. The zero-order chi connectivity index (χ0) is 37.3. The number of carboxylic acid groups (broad SMARTS) is 1. The van der Waals surface area contributed by atoms with E-state index in [0.29, 0.717) is 12.0 Å². The Morgan fingerprint density at radius 1 is 1.24 bits per heavy atom. The monoisotopic (exact) mass is 744 g/mol. The van der Waals surface area contributed by atoms with E-state index >= 15 is 0 Å². The smallest absolute Gasteiger partial charge is 0.409 e. The van der Waals surface area contributed by atoms with Crippen molar-refractivity contribution < 1.29 is 66.0 Å². The minimum absolute atomic E-state index is 0.115. The Hall–Kier alpha value is -3.74. The summed E-state index contributed by atoms with van der Waals surface area (Å²) in [5, 5.41) is 20.9. The molecule has 2 fully saturated rings. The van der Waals surface area contributed by atoms with Crippen LogP contribution in [-0.2, 0) is 49.9 Å². The Bertz CT molecular complexity index is 1700. The number of alkyl carbamates (subject to hydrolysis) is 1. The Morgan fingerprint density at radius 2 is 1.92 bits per heavy atom. The molecule has 3 heterocycles. The van der Waals surface area contributed by atoms with Gasteiger partial charge < -0.3 is 38.8 Å². The van der Waals surface area contributed by atoms with Gasteiger partial charge in [-0.05, 0) is 38.0 Å². The molecule has 2 saturated heterocycles. The fraction of sp³-hybridized carbons (Fsp3) is 0.562. The molecule has 4 N–H and O–H groups in total. The van der Waals surface area contributed by atoms with E-state index in [2.05, 4.69) is 5.32 Å². The lowest BCUT2D eigenvalue weighted by atomic mass is 9.83. The predicted octanol–water partition coefficient (Wildman–Crippen LogP) is 2.40. The highest BCUT2D eigenvalue weighted by molar-refractivity contribution is 7.87. The first-order chi connectivity index (χ1) is 23.2. The fourth-order valence-electron chi connectivity index (χ4n) is 6.28. The van der Waals surface area contributed by atoms with Gasteiger partial charge in [0.05, 0.1) is 31.7 Å². The van der Waals surface area contributed by atoms with Gasteiger partial charge in [-0.3, -0.25) is 24.3 Å². The molecule has 4 rings (SSSR count). The van der Waals surface area contributed by atoms with Gasteiger partial charge in [0.2, 0.25) is 5.91 Å². The highest BCUT2D eigenvalue weighted by Crippen LogP contribution is 2.49. The van der Waals surface area contributed by atoms with Crippen LogP contribution in [0.15, 0.2) is 35.9 Å². The molecule has 3 aliphatic rings. The number of amides is 2. The van der Waals surface area contributed by atoms with Crippen molar-refractivity contribution >= 4 is 51.3 Å². The molecule has 16 nitrogen and oxygen atoms in total. The third-order valence-corrected chi connectivity index (χ3v) is 10.7. The third-order valence-electron chi connectivity index (χ3n) is 9.21. The zero-order valence-electron chi connectivity index (χ0n) is 28.2. The number of fused-ring (bicyclic) bond motifs is 5. The van der Waals surface area contributed by atoms with Crippen LogP contribution in [0.5, 0.6) is 5.75 Å². The number of halogens is 1. The molecule has 0 radical (unpaired) electrons. The van der Waals surface area contributed by atoms with E-state index < -0.39 is 93.8 Å². The molecule has 8 unspecified atom stereocenters. The van der Waals surface area contributed by atoms with Crippen LogP contribution in [0.3, 0.4) is 0 Å². The summed E-state index contributed by atoms with van der Waals surface area (Å²) < 4.78 is 60.8. The number of methoxy groups -OCH3 is 2. The van der Waals surface area contributed by atoms with Crippen LogP contribution in [-0.4, -0.2) is 109 Å². The second-order valence-electron chi connectivity index (χ2n) is 12.8. The van der Waals surface area contributed by atoms with Gasteiger partial charge in [-0.25, -0.2) is 4.79 Å². The van der Waals surface area contributed by atoms with Crippen molar-refractivity contribution in [3.63, 3.8) is 0 Å². The molecular formula is C32H41ClN2O14S. The number of aliphatic carboxylic acids is 1. The number of aliphatic hydroxyl groups is 1. The Labute approximate surface area is 294 Å². The summed E-state index contributed by atoms with van der Waals surface area (Å²) >= 11 is 6.63. The molecular weight excluding hydrogens is 704 g/mol. The number of esters is 1. The number of anilines is 1. The number of carbonyl (C=O) groups excluding carboxylic acids is 3. The molecule has 3 aliphatic heterocycles. The number of ether oxygens (including phenoxy) is 5. The number of nitrogens with zero attached hydrogens (tertiary/aromatic N) is 1. The number of hydrogen-bond acceptors (Lipinski definition) is 12. The largest absolute Gasteiger partial charge is 0.495 e. The molecule has 2 amide bonds. The molecule has 0 spiro atoms. The number of rotatable bonds is 7. The van der Waals surface area contributed by atoms with Gasteiger partial charge in [-0.1, -0.05) is 42.3 Å². The zero-order valence-corrected chi connectivity index (χ0v) is 29.8. The van der Waals surface area contributed by atoms with Crippen molar-refractivity contribution in [3.05, 3.63) is 46.5 Å². The molecule has 276 valence electrons. The van der Waals surface area contributed by atoms with Crippen LogP contribution >= 0.6 is 11.6 Å². The normalized spacial score (nSPS) is 32.7. The average molecular weight is 745 g/mol. The Morgan fingerprint density at radius 3 is 2.52 bits per heavy atom. The SMILES string of the molecule is COc1cc2cc(c1Cl)N(C)C(=O)CC(OC(=O)CC(C(=O)O)S(=O)(=O)O)C1(C)OC1C(C)C1CC(O)(NC(=O)O1)C(OC)/C=C/C=C(\C)C2. The number of nitrogens with one attached hydrogen (secondary N) is 1. The first-order valence-corrected chi connectivity index (χ1v) is 17.4. The van der Waals surface area contributed by atoms with E-state index in [1.54, 1.807) is 37.3 Å². The summed E-state index contributed by atoms with van der Waals surface area (Å²) in [5.41, 5.74) is -1.54. The molecule has 0 aromatic heterocycles. The van der Waals surface area contributed by atoms with Crippen molar-refractivity contribution in [2.75, 3.05) is 26.2 Å². The number of carbonyl (C=O) groups is 4. The maximum atomic E-state index is 13.9. The van der Waals surface area contributed by atoms with Gasteiger partial charge in [0, 0.05) is 26.5 Å². The molecule has 4 bridgehead atoms. The lowest BCUT2D eigenvalue weighted by Gasteiger charge is -2.42. The molecule has 0 saturated carbocycles. The summed E-state index contributed by atoms with van der Waals surface area (Å²) in [7, 11) is -0.985. The van der Waals surface area contributed by atoms with Crippen molar-refractivity contribution in [1.82, 2.24) is 5.32 Å². The van der Waals surface area contributed by atoms with Crippen LogP contribution < -0.4 is 15.0 Å². The topological polar surface area (TPSA) is 228 Å². The van der Waals surface area contributed by atoms with Crippen LogP contribution in [0.1, 0.15) is 45.6 Å². The Balaban J connectivity index is 1.79. The van der Waals surface area contributed by atoms with Gasteiger partial charge in [0.1, 0.15) is 34.7 Å². The van der Waals surface area contributed by atoms with E-state index in [1.807, 2.05) is 6.92 Å². The molecule has 18 heteroatoms. The van der Waals surface area contributed by atoms with E-state index in [4.69, 9.17) is 35.3 Å². The molecule has 1 aromatic rings. The maximum Gasteiger partial charge on any atom is 0.409 e. The van der Waals surface area contributed by atoms with E-state index in [0.717, 1.165) is 5.57 Å². The fourth-order valence-corrected chi connectivity index (χ4v) is 7.20. The van der Waals surface area contributed by atoms with Crippen LogP contribution in [0.4, 0.5) is 10.5 Å². The number of allylic oxidation sites excluding steroid dienone is 3. The van der Waals surface area contributed by atoms with E-state index in [-0.39, 0.29) is 22.9 Å². The first-order valence-electron chi connectivity index (χ1n) is 15.5. The highest BCUT2D eigenvalue weighted by atomic mass is 35.5. The van der Waals surface area contributed by atoms with Crippen molar-refractivity contribution in [2.24, 2.45) is 5.92 Å². The minimum Gasteiger partial charge on any atom is -0.495 e. The standard InChI is InChI=1S/C32H41ClN2O14S/c1-16-8-7-9-23(46-6)32(41)15-21(47-30(40)34-32)17(2)28-31(3,49-28)24(48-26(37)13-22(29(38)39)50(42,43)44)14-25(36)35(4)19-11-18(10-16)12-20(45-5)27(19)33/h7-9,11-12,17,21-24,28,41H,10,13-15H2,1-6H3,(H,34,40)(H,38,39)(H,42,43,44)/b9-7+,16-8+. The van der Waals surface area contributed by atoms with Gasteiger partial charge in [-0.2, -0.15) is 8.42 Å². The minimum atomic E-state index is -5.20. The lowest BCUT2D eigenvalue weighted by Crippen LogP contribution is -2.63. The van der Waals surface area contributed by atoms with Gasteiger partial charge in [0.25, 0.3) is 10.1 Å². The molecule has 50 heavy (non-hydrogen) atoms. The summed E-state index contributed by atoms with van der Waals surface area (Å²) in [6.07, 6.45) is -1.78. The van der Waals surface area contributed by atoms with Gasteiger partial charge in [-0.15, -0.1) is 0 Å². The second-order valence-corrected chi connectivity index (χ2v) is 14.8. The molecule has 0 aliphatic carbocycles. The predicted molar refractivity (Wildman–Crippen MR) is 176 cm³/mol. The second kappa shape index (κ2) is 14.9. The Kier molecular flexibility index (Phi) is 11.6. The lowest BCUT2D eigenvalue weighted by molar-refractivity contribution is -0.156. The summed E-state index contributed by atoms with van der Waals surface area (Å²) in [4.78, 5) is 52.4. The maximum absolute atomic E-state index is 13.9. The van der Waals surface area contributed by atoms with E-state index in [9.17, 15) is 42.4 Å². The van der Waals surface area contributed by atoms with Crippen molar-refractivity contribution in [3.8, 4) is 5.75 Å². The van der Waals surface area contributed by atoms with Gasteiger partial charge >= 0.3 is 18.0 Å². The van der Waals surface area contributed by atoms with Crippen LogP contribution in [0.25, 0.3) is 0 Å². The number of carboxylic acids is 1. The van der Waals surface area contributed by atoms with Gasteiger partial charge in [0.15, 0.2) is 11.0 Å². The summed E-state index contributed by atoms with van der Waals surface area (Å²) in [6, 6.07) is 3.38. The summed E-state index contributed by atoms with van der Waals surface area (Å²) in [5.74, 6) is -4.37. The van der Waals surface area contributed by atoms with Crippen LogP contribution in [0, 0.1) is 5.92 Å². The number of hydrogen-bond donors (Lipinski definition) is 4. The van der Waals surface area contributed by atoms with Crippen LogP contribution in [0.2, 0.25) is 5.02 Å². The highest BCUT2D eigenvalue weighted by Gasteiger charge is 2.64. The third kappa shape index (κ3) is 8.41. The average Bonchev–Trinajstić information content (AvgIpc) is 3.72. The number of benzene rings is 1. The number of epoxide rings is 1. The summed E-state index contributed by atoms with van der Waals surface area (Å²) in [6.45, 7) is 5.03. The molecule has 1 aromatic carbocycles. The van der Waals surface area contributed by atoms with Crippen molar-refractivity contribution in [1.29, 1.82) is 0 Å². The first kappa shape index (κ1) is 39.1.